The van der Waals surface area contributed by atoms with E-state index in [0.29, 0.717) is 0 Å². The lowest BCUT2D eigenvalue weighted by Gasteiger charge is -2.07. The van der Waals surface area contributed by atoms with Gasteiger partial charge in [-0.05, 0) is 36.7 Å². The molecule has 0 atom stereocenters. The van der Waals surface area contributed by atoms with Crippen LogP contribution >= 0.6 is 11.6 Å². The standard InChI is InChI=1S/C14H15ClN2/c1-2-3-8-16-10-11-6-7-13(15)12-5-4-9-17-14(11)12/h2,4-7,9,16H,1,3,8,10H2. The Morgan fingerprint density at radius 1 is 1.35 bits per heavy atom. The molecule has 0 spiro atoms. The van der Waals surface area contributed by atoms with Gasteiger partial charge in [-0.15, -0.1) is 6.58 Å². The molecule has 0 amide bonds. The summed E-state index contributed by atoms with van der Waals surface area (Å²) in [4.78, 5) is 4.40. The van der Waals surface area contributed by atoms with Crippen molar-refractivity contribution >= 4 is 22.5 Å². The smallest absolute Gasteiger partial charge is 0.0761 e. The van der Waals surface area contributed by atoms with Gasteiger partial charge in [0.05, 0.1) is 5.52 Å². The molecule has 0 radical (unpaired) electrons. The maximum atomic E-state index is 6.14. The van der Waals surface area contributed by atoms with Crippen molar-refractivity contribution in [3.8, 4) is 0 Å². The van der Waals surface area contributed by atoms with Crippen LogP contribution in [-0.2, 0) is 6.54 Å². The number of nitrogens with zero attached hydrogens (tertiary/aromatic N) is 1. The summed E-state index contributed by atoms with van der Waals surface area (Å²) >= 11 is 6.14. The fraction of sp³-hybridized carbons (Fsp3) is 0.214. The Hall–Kier alpha value is -1.38. The van der Waals surface area contributed by atoms with E-state index in [0.717, 1.165) is 35.4 Å². The van der Waals surface area contributed by atoms with Crippen molar-refractivity contribution < 1.29 is 0 Å². The molecule has 2 nitrogen and oxygen atoms in total. The van der Waals surface area contributed by atoms with Crippen molar-refractivity contribution in [2.75, 3.05) is 6.54 Å². The number of hydrogen-bond acceptors (Lipinski definition) is 2. The molecule has 0 aliphatic carbocycles. The first-order valence-corrected chi connectivity index (χ1v) is 6.04. The highest BCUT2D eigenvalue weighted by Crippen LogP contribution is 2.24. The van der Waals surface area contributed by atoms with Gasteiger partial charge in [-0.3, -0.25) is 4.98 Å². The van der Waals surface area contributed by atoms with E-state index < -0.39 is 0 Å². The molecule has 1 N–H and O–H groups in total. The minimum atomic E-state index is 0.753. The van der Waals surface area contributed by atoms with E-state index in [9.17, 15) is 0 Å². The molecule has 2 aromatic rings. The van der Waals surface area contributed by atoms with E-state index in [1.54, 1.807) is 6.20 Å². The summed E-state index contributed by atoms with van der Waals surface area (Å²) in [5.41, 5.74) is 2.15. The minimum absolute atomic E-state index is 0.753. The molecule has 17 heavy (non-hydrogen) atoms. The Labute approximate surface area is 106 Å². The van der Waals surface area contributed by atoms with E-state index in [4.69, 9.17) is 11.6 Å². The Bertz CT molecular complexity index is 523. The molecular formula is C14H15ClN2. The van der Waals surface area contributed by atoms with Gasteiger partial charge in [0, 0.05) is 23.2 Å². The first kappa shape index (κ1) is 12.1. The summed E-state index contributed by atoms with van der Waals surface area (Å²) in [6.45, 7) is 5.43. The third-order valence-electron chi connectivity index (χ3n) is 2.64. The van der Waals surface area contributed by atoms with Gasteiger partial charge in [0.2, 0.25) is 0 Å². The van der Waals surface area contributed by atoms with Crippen molar-refractivity contribution in [2.24, 2.45) is 0 Å². The number of halogens is 1. The zero-order chi connectivity index (χ0) is 12.1. The third kappa shape index (κ3) is 2.84. The van der Waals surface area contributed by atoms with E-state index in [1.807, 2.05) is 30.3 Å². The van der Waals surface area contributed by atoms with Gasteiger partial charge in [-0.1, -0.05) is 23.7 Å². The zero-order valence-electron chi connectivity index (χ0n) is 9.62. The average molecular weight is 247 g/mol. The highest BCUT2D eigenvalue weighted by Gasteiger charge is 2.04. The second-order valence-electron chi connectivity index (χ2n) is 3.86. The van der Waals surface area contributed by atoms with Gasteiger partial charge >= 0.3 is 0 Å². The molecule has 2 rings (SSSR count). The Morgan fingerprint density at radius 3 is 3.06 bits per heavy atom. The molecule has 1 aromatic carbocycles. The molecule has 1 heterocycles. The topological polar surface area (TPSA) is 24.9 Å². The quantitative estimate of drug-likeness (QED) is 0.645. The summed E-state index contributed by atoms with van der Waals surface area (Å²) in [5, 5.41) is 5.12. The Balaban J connectivity index is 2.22. The number of hydrogen-bond donors (Lipinski definition) is 1. The summed E-state index contributed by atoms with van der Waals surface area (Å²) in [6, 6.07) is 7.86. The number of pyridine rings is 1. The lowest BCUT2D eigenvalue weighted by molar-refractivity contribution is 0.698. The Kier molecular flexibility index (Phi) is 4.13. The number of benzene rings is 1. The normalized spacial score (nSPS) is 10.6. The number of nitrogens with one attached hydrogen (secondary N) is 1. The van der Waals surface area contributed by atoms with E-state index >= 15 is 0 Å². The summed E-state index contributed by atoms with van der Waals surface area (Å²) in [5.74, 6) is 0. The molecule has 0 aliphatic heterocycles. The van der Waals surface area contributed by atoms with Crippen molar-refractivity contribution in [3.63, 3.8) is 0 Å². The van der Waals surface area contributed by atoms with Gasteiger partial charge in [-0.25, -0.2) is 0 Å². The van der Waals surface area contributed by atoms with Gasteiger partial charge in [0.1, 0.15) is 0 Å². The number of fused-ring (bicyclic) bond motifs is 1. The van der Waals surface area contributed by atoms with Crippen LogP contribution in [0.25, 0.3) is 10.9 Å². The SMILES string of the molecule is C=CCCNCc1ccc(Cl)c2cccnc12. The first-order valence-electron chi connectivity index (χ1n) is 5.66. The molecule has 0 saturated heterocycles. The minimum Gasteiger partial charge on any atom is -0.312 e. The van der Waals surface area contributed by atoms with Crippen molar-refractivity contribution in [3.05, 3.63) is 53.7 Å². The van der Waals surface area contributed by atoms with Crippen LogP contribution < -0.4 is 5.32 Å². The predicted molar refractivity (Wildman–Crippen MR) is 73.3 cm³/mol. The monoisotopic (exact) mass is 246 g/mol. The number of rotatable bonds is 5. The first-order chi connectivity index (χ1) is 8.33. The third-order valence-corrected chi connectivity index (χ3v) is 2.97. The van der Waals surface area contributed by atoms with Crippen molar-refractivity contribution in [1.29, 1.82) is 0 Å². The van der Waals surface area contributed by atoms with E-state index in [2.05, 4.69) is 16.9 Å². The molecule has 0 saturated carbocycles. The molecule has 0 aliphatic rings. The van der Waals surface area contributed by atoms with Gasteiger partial charge < -0.3 is 5.32 Å². The number of aromatic nitrogens is 1. The second-order valence-corrected chi connectivity index (χ2v) is 4.27. The Morgan fingerprint density at radius 2 is 2.24 bits per heavy atom. The summed E-state index contributed by atoms with van der Waals surface area (Å²) < 4.78 is 0. The van der Waals surface area contributed by atoms with Crippen LogP contribution in [-0.4, -0.2) is 11.5 Å². The molecule has 88 valence electrons. The van der Waals surface area contributed by atoms with E-state index in [1.165, 1.54) is 5.56 Å². The molecule has 0 unspecified atom stereocenters. The van der Waals surface area contributed by atoms with Crippen LogP contribution in [0.4, 0.5) is 0 Å². The fourth-order valence-electron chi connectivity index (χ4n) is 1.77. The van der Waals surface area contributed by atoms with E-state index in [-0.39, 0.29) is 0 Å². The molecule has 0 bridgehead atoms. The highest BCUT2D eigenvalue weighted by atomic mass is 35.5. The summed E-state index contributed by atoms with van der Waals surface area (Å²) in [6.07, 6.45) is 4.68. The molecule has 3 heteroatoms. The lowest BCUT2D eigenvalue weighted by atomic mass is 10.1. The van der Waals surface area contributed by atoms with Crippen LogP contribution in [0.3, 0.4) is 0 Å². The van der Waals surface area contributed by atoms with Crippen LogP contribution in [0.5, 0.6) is 0 Å². The van der Waals surface area contributed by atoms with Crippen LogP contribution in [0.1, 0.15) is 12.0 Å². The van der Waals surface area contributed by atoms with Gasteiger partial charge in [0.25, 0.3) is 0 Å². The largest absolute Gasteiger partial charge is 0.312 e. The van der Waals surface area contributed by atoms with Crippen LogP contribution in [0.2, 0.25) is 5.02 Å². The van der Waals surface area contributed by atoms with Crippen LogP contribution in [0, 0.1) is 0 Å². The van der Waals surface area contributed by atoms with Crippen molar-refractivity contribution in [1.82, 2.24) is 10.3 Å². The second kappa shape index (κ2) is 5.80. The van der Waals surface area contributed by atoms with Gasteiger partial charge in [-0.2, -0.15) is 0 Å². The van der Waals surface area contributed by atoms with Crippen molar-refractivity contribution in [2.45, 2.75) is 13.0 Å². The lowest BCUT2D eigenvalue weighted by Crippen LogP contribution is -2.14. The molecule has 0 fully saturated rings. The maximum Gasteiger partial charge on any atom is 0.0761 e. The van der Waals surface area contributed by atoms with Gasteiger partial charge in [0.15, 0.2) is 0 Å². The van der Waals surface area contributed by atoms with Crippen LogP contribution in [0.15, 0.2) is 43.1 Å². The maximum absolute atomic E-state index is 6.14. The highest BCUT2D eigenvalue weighted by molar-refractivity contribution is 6.35. The summed E-state index contributed by atoms with van der Waals surface area (Å²) in [7, 11) is 0. The fourth-order valence-corrected chi connectivity index (χ4v) is 1.98. The molecule has 1 aromatic heterocycles. The molecular weight excluding hydrogens is 232 g/mol. The average Bonchev–Trinajstić information content (AvgIpc) is 2.37. The predicted octanol–water partition coefficient (Wildman–Crippen LogP) is 3.55. The zero-order valence-corrected chi connectivity index (χ0v) is 10.4.